The molecule has 20 heavy (non-hydrogen) atoms. The number of carbonyl (C=O) groups is 2. The normalized spacial score (nSPS) is 13.8. The van der Waals surface area contributed by atoms with Gasteiger partial charge < -0.3 is 10.2 Å². The van der Waals surface area contributed by atoms with Crippen molar-refractivity contribution in [2.45, 2.75) is 25.7 Å². The third-order valence-electron chi connectivity index (χ3n) is 3.29. The minimum Gasteiger partial charge on any atom is -0.342 e. The van der Waals surface area contributed by atoms with E-state index in [2.05, 4.69) is 5.32 Å². The number of likely N-dealkylation sites (tertiary alicyclic amines) is 1. The van der Waals surface area contributed by atoms with Crippen LogP contribution in [-0.4, -0.2) is 29.8 Å². The Kier molecular flexibility index (Phi) is 4.72. The highest BCUT2D eigenvalue weighted by atomic mass is 16.2. The number of anilines is 1. The van der Waals surface area contributed by atoms with Crippen molar-refractivity contribution < 1.29 is 9.59 Å². The molecule has 0 atom stereocenters. The van der Waals surface area contributed by atoms with Gasteiger partial charge in [-0.2, -0.15) is 5.26 Å². The van der Waals surface area contributed by atoms with Crippen LogP contribution in [0.1, 0.15) is 24.8 Å². The molecular weight excluding hydrogens is 254 g/mol. The van der Waals surface area contributed by atoms with E-state index in [0.717, 1.165) is 31.5 Å². The van der Waals surface area contributed by atoms with E-state index in [4.69, 9.17) is 5.26 Å². The molecule has 1 fully saturated rings. The van der Waals surface area contributed by atoms with Gasteiger partial charge >= 0.3 is 0 Å². The first-order valence-corrected chi connectivity index (χ1v) is 6.72. The lowest BCUT2D eigenvalue weighted by atomic mass is 10.1. The summed E-state index contributed by atoms with van der Waals surface area (Å²) in [5, 5.41) is 11.0. The predicted molar refractivity (Wildman–Crippen MR) is 74.8 cm³/mol. The third-order valence-corrected chi connectivity index (χ3v) is 3.29. The molecule has 1 N–H and O–H groups in total. The van der Waals surface area contributed by atoms with Crippen molar-refractivity contribution in [3.8, 4) is 6.07 Å². The van der Waals surface area contributed by atoms with Gasteiger partial charge in [-0.25, -0.2) is 0 Å². The van der Waals surface area contributed by atoms with Crippen LogP contribution in [0.3, 0.4) is 0 Å². The highest BCUT2D eigenvalue weighted by molar-refractivity contribution is 5.92. The molecule has 1 aromatic carbocycles. The Labute approximate surface area is 118 Å². The van der Waals surface area contributed by atoms with Gasteiger partial charge in [0.25, 0.3) is 0 Å². The Morgan fingerprint density at radius 2 is 1.85 bits per heavy atom. The summed E-state index contributed by atoms with van der Waals surface area (Å²) in [7, 11) is 0. The minimum atomic E-state index is -0.326. The third kappa shape index (κ3) is 3.82. The van der Waals surface area contributed by atoms with Gasteiger partial charge in [0.1, 0.15) is 6.42 Å². The van der Waals surface area contributed by atoms with Gasteiger partial charge in [0.15, 0.2) is 0 Å². The second-order valence-corrected chi connectivity index (χ2v) is 4.84. The average Bonchev–Trinajstić information content (AvgIpc) is 2.95. The van der Waals surface area contributed by atoms with Gasteiger partial charge in [-0.15, -0.1) is 0 Å². The number of nitriles is 1. The van der Waals surface area contributed by atoms with Crippen molar-refractivity contribution in [3.63, 3.8) is 0 Å². The van der Waals surface area contributed by atoms with Gasteiger partial charge in [0, 0.05) is 18.8 Å². The molecule has 0 aromatic heterocycles. The topological polar surface area (TPSA) is 73.2 Å². The number of nitrogens with zero attached hydrogens (tertiary/aromatic N) is 2. The van der Waals surface area contributed by atoms with E-state index in [9.17, 15) is 9.59 Å². The van der Waals surface area contributed by atoms with Crippen molar-refractivity contribution in [2.24, 2.45) is 0 Å². The molecule has 0 spiro atoms. The number of amides is 2. The van der Waals surface area contributed by atoms with Crippen LogP contribution in [0.4, 0.5) is 5.69 Å². The molecule has 5 nitrogen and oxygen atoms in total. The van der Waals surface area contributed by atoms with E-state index < -0.39 is 0 Å². The first-order chi connectivity index (χ1) is 9.69. The first-order valence-electron chi connectivity index (χ1n) is 6.72. The first kappa shape index (κ1) is 14.1. The largest absolute Gasteiger partial charge is 0.342 e. The van der Waals surface area contributed by atoms with Crippen LogP contribution in [-0.2, 0) is 16.0 Å². The van der Waals surface area contributed by atoms with E-state index in [0.29, 0.717) is 12.1 Å². The van der Waals surface area contributed by atoms with E-state index in [-0.39, 0.29) is 18.2 Å². The summed E-state index contributed by atoms with van der Waals surface area (Å²) >= 11 is 0. The lowest BCUT2D eigenvalue weighted by molar-refractivity contribution is -0.129. The fourth-order valence-electron chi connectivity index (χ4n) is 2.24. The summed E-state index contributed by atoms with van der Waals surface area (Å²) < 4.78 is 0. The maximum absolute atomic E-state index is 12.0. The molecule has 2 rings (SSSR count). The number of hydrogen-bond acceptors (Lipinski definition) is 3. The molecule has 0 unspecified atom stereocenters. The van der Waals surface area contributed by atoms with Gasteiger partial charge in [0.2, 0.25) is 11.8 Å². The quantitative estimate of drug-likeness (QED) is 0.905. The molecule has 0 aliphatic carbocycles. The van der Waals surface area contributed by atoms with Crippen molar-refractivity contribution >= 4 is 17.5 Å². The zero-order chi connectivity index (χ0) is 14.4. The maximum Gasteiger partial charge on any atom is 0.238 e. The van der Waals surface area contributed by atoms with Crippen molar-refractivity contribution in [1.29, 1.82) is 5.26 Å². The standard InChI is InChI=1S/C15H17N3O2/c16-8-7-14(19)17-13-5-3-12(4-6-13)11-15(20)18-9-1-2-10-18/h3-6H,1-2,7,9-11H2,(H,17,19). The Balaban J connectivity index is 1.89. The van der Waals surface area contributed by atoms with Crippen molar-refractivity contribution in [3.05, 3.63) is 29.8 Å². The summed E-state index contributed by atoms with van der Waals surface area (Å²) in [4.78, 5) is 25.1. The number of hydrogen-bond donors (Lipinski definition) is 1. The van der Waals surface area contributed by atoms with Crippen LogP contribution in [0.5, 0.6) is 0 Å². The Morgan fingerprint density at radius 3 is 2.45 bits per heavy atom. The second kappa shape index (κ2) is 6.71. The summed E-state index contributed by atoms with van der Waals surface area (Å²) in [6.07, 6.45) is 2.42. The molecule has 1 aliphatic heterocycles. The SMILES string of the molecule is N#CCC(=O)Nc1ccc(CC(=O)N2CCCC2)cc1. The van der Waals surface area contributed by atoms with Crippen molar-refractivity contribution in [1.82, 2.24) is 4.90 Å². The molecule has 1 aliphatic rings. The van der Waals surface area contributed by atoms with E-state index in [1.807, 2.05) is 17.0 Å². The molecule has 5 heteroatoms. The summed E-state index contributed by atoms with van der Waals surface area (Å²) in [6, 6.07) is 8.96. The number of rotatable bonds is 4. The Hall–Kier alpha value is -2.35. The monoisotopic (exact) mass is 271 g/mol. The highest BCUT2D eigenvalue weighted by Crippen LogP contribution is 2.13. The Bertz CT molecular complexity index is 525. The second-order valence-electron chi connectivity index (χ2n) is 4.84. The fourth-order valence-corrected chi connectivity index (χ4v) is 2.24. The summed E-state index contributed by atoms with van der Waals surface area (Å²) in [5.41, 5.74) is 1.57. The molecule has 0 saturated carbocycles. The fraction of sp³-hybridized carbons (Fsp3) is 0.400. The van der Waals surface area contributed by atoms with Gasteiger partial charge in [-0.3, -0.25) is 9.59 Å². The molecule has 1 heterocycles. The molecule has 0 radical (unpaired) electrons. The summed E-state index contributed by atoms with van der Waals surface area (Å²) in [6.45, 7) is 1.72. The average molecular weight is 271 g/mol. The minimum absolute atomic E-state index is 0.156. The van der Waals surface area contributed by atoms with Gasteiger partial charge in [0.05, 0.1) is 12.5 Å². The van der Waals surface area contributed by atoms with Gasteiger partial charge in [-0.1, -0.05) is 12.1 Å². The van der Waals surface area contributed by atoms with E-state index in [1.165, 1.54) is 0 Å². The molecule has 2 amide bonds. The maximum atomic E-state index is 12.0. The molecule has 104 valence electrons. The summed E-state index contributed by atoms with van der Waals surface area (Å²) in [5.74, 6) is -0.169. The van der Waals surface area contributed by atoms with E-state index >= 15 is 0 Å². The molecule has 1 saturated heterocycles. The van der Waals surface area contributed by atoms with Crippen molar-refractivity contribution in [2.75, 3.05) is 18.4 Å². The number of benzene rings is 1. The van der Waals surface area contributed by atoms with Crippen LogP contribution in [0.15, 0.2) is 24.3 Å². The van der Waals surface area contributed by atoms with E-state index in [1.54, 1.807) is 18.2 Å². The van der Waals surface area contributed by atoms with Crippen LogP contribution in [0.25, 0.3) is 0 Å². The zero-order valence-corrected chi connectivity index (χ0v) is 11.3. The molecule has 1 aromatic rings. The zero-order valence-electron chi connectivity index (χ0n) is 11.3. The van der Waals surface area contributed by atoms with Crippen LogP contribution in [0.2, 0.25) is 0 Å². The highest BCUT2D eigenvalue weighted by Gasteiger charge is 2.17. The van der Waals surface area contributed by atoms with Crippen LogP contribution < -0.4 is 5.32 Å². The predicted octanol–water partition coefficient (Wildman–Crippen LogP) is 1.70. The molecular formula is C15H17N3O2. The lowest BCUT2D eigenvalue weighted by Gasteiger charge is -2.15. The van der Waals surface area contributed by atoms with Crippen LogP contribution >= 0.6 is 0 Å². The smallest absolute Gasteiger partial charge is 0.238 e. The van der Waals surface area contributed by atoms with Gasteiger partial charge in [-0.05, 0) is 30.5 Å². The number of carbonyl (C=O) groups excluding carboxylic acids is 2. The lowest BCUT2D eigenvalue weighted by Crippen LogP contribution is -2.29. The molecule has 0 bridgehead atoms. The Morgan fingerprint density at radius 1 is 1.20 bits per heavy atom. The van der Waals surface area contributed by atoms with Crippen LogP contribution in [0, 0.1) is 11.3 Å². The number of nitrogens with one attached hydrogen (secondary N) is 1.